The van der Waals surface area contributed by atoms with E-state index in [0.717, 1.165) is 43.6 Å². The molecule has 4 nitrogen and oxygen atoms in total. The largest absolute Gasteiger partial charge is 0.351 e. The number of carbonyl (C=O) groups excluding carboxylic acids is 1. The summed E-state index contributed by atoms with van der Waals surface area (Å²) in [6.07, 6.45) is 26.4. The summed E-state index contributed by atoms with van der Waals surface area (Å²) in [4.78, 5) is 16.0. The van der Waals surface area contributed by atoms with Gasteiger partial charge >= 0.3 is 0 Å². The summed E-state index contributed by atoms with van der Waals surface area (Å²) in [6.45, 7) is 11.0. The first kappa shape index (κ1) is 28.9. The van der Waals surface area contributed by atoms with Crippen LogP contribution in [0.5, 0.6) is 0 Å². The van der Waals surface area contributed by atoms with Crippen molar-refractivity contribution in [3.8, 4) is 0 Å². The zero-order chi connectivity index (χ0) is 23.3. The van der Waals surface area contributed by atoms with Crippen molar-refractivity contribution in [1.29, 1.82) is 0 Å². The van der Waals surface area contributed by atoms with E-state index in [0.29, 0.717) is 0 Å². The van der Waals surface area contributed by atoms with Gasteiger partial charge in [-0.2, -0.15) is 0 Å². The SMILES string of the molecule is CCC/C=C/CCCCCCCCCCCCCCC1=NCC[N+]1(CC)CCNC(C)=O. The van der Waals surface area contributed by atoms with Gasteiger partial charge in [0.05, 0.1) is 19.6 Å². The molecule has 0 aromatic heterocycles. The van der Waals surface area contributed by atoms with Gasteiger partial charge in [-0.05, 0) is 32.6 Å². The molecule has 1 amide bonds. The molecule has 1 atom stereocenters. The van der Waals surface area contributed by atoms with Gasteiger partial charge in [-0.15, -0.1) is 0 Å². The molecule has 0 saturated heterocycles. The predicted octanol–water partition coefficient (Wildman–Crippen LogP) is 7.19. The molecule has 0 bridgehead atoms. The molecule has 0 radical (unpaired) electrons. The molecule has 32 heavy (non-hydrogen) atoms. The van der Waals surface area contributed by atoms with Crippen molar-refractivity contribution in [3.05, 3.63) is 12.2 Å². The summed E-state index contributed by atoms with van der Waals surface area (Å²) in [5.41, 5.74) is 0. The van der Waals surface area contributed by atoms with Gasteiger partial charge in [0.1, 0.15) is 13.1 Å². The van der Waals surface area contributed by atoms with Crippen molar-refractivity contribution in [2.24, 2.45) is 4.99 Å². The number of aliphatic imine (C=N–C) groups is 1. The number of amidine groups is 1. The number of nitrogens with one attached hydrogen (secondary N) is 1. The summed E-state index contributed by atoms with van der Waals surface area (Å²) in [5, 5.41) is 2.97. The zero-order valence-corrected chi connectivity index (χ0v) is 21.8. The Hall–Kier alpha value is -1.16. The lowest BCUT2D eigenvalue weighted by Gasteiger charge is -2.33. The highest BCUT2D eigenvalue weighted by Gasteiger charge is 2.35. The Labute approximate surface area is 199 Å². The fourth-order valence-corrected chi connectivity index (χ4v) is 4.87. The maximum Gasteiger partial charge on any atom is 0.217 e. The second-order valence-electron chi connectivity index (χ2n) is 9.73. The van der Waals surface area contributed by atoms with E-state index in [4.69, 9.17) is 4.99 Å². The summed E-state index contributed by atoms with van der Waals surface area (Å²) >= 11 is 0. The Kier molecular flexibility index (Phi) is 17.4. The number of quaternary nitrogens is 1. The fraction of sp³-hybridized carbons (Fsp3) is 0.857. The van der Waals surface area contributed by atoms with Crippen LogP contribution in [0, 0.1) is 0 Å². The molecule has 186 valence electrons. The quantitative estimate of drug-likeness (QED) is 0.113. The highest BCUT2D eigenvalue weighted by atomic mass is 16.1. The number of unbranched alkanes of at least 4 members (excludes halogenated alkanes) is 13. The Morgan fingerprint density at radius 1 is 0.875 bits per heavy atom. The second-order valence-corrected chi connectivity index (χ2v) is 9.73. The first-order valence-corrected chi connectivity index (χ1v) is 13.9. The number of nitrogens with zero attached hydrogens (tertiary/aromatic N) is 2. The van der Waals surface area contributed by atoms with Crippen LogP contribution in [0.2, 0.25) is 0 Å². The lowest BCUT2D eigenvalue weighted by Crippen LogP contribution is -2.54. The molecule has 1 aliphatic rings. The van der Waals surface area contributed by atoms with Gasteiger partial charge in [-0.25, -0.2) is 4.99 Å². The normalized spacial score (nSPS) is 18.4. The van der Waals surface area contributed by atoms with E-state index in [1.165, 1.54) is 102 Å². The van der Waals surface area contributed by atoms with Crippen molar-refractivity contribution >= 4 is 11.7 Å². The van der Waals surface area contributed by atoms with Gasteiger partial charge in [-0.3, -0.25) is 9.28 Å². The maximum absolute atomic E-state index is 11.2. The third-order valence-corrected chi connectivity index (χ3v) is 7.03. The molecule has 1 aliphatic heterocycles. The molecule has 1 rings (SSSR count). The van der Waals surface area contributed by atoms with Crippen LogP contribution in [0.1, 0.15) is 124 Å². The van der Waals surface area contributed by atoms with Crippen LogP contribution in [0.3, 0.4) is 0 Å². The van der Waals surface area contributed by atoms with E-state index in [2.05, 4.69) is 31.3 Å². The minimum atomic E-state index is 0.0720. The van der Waals surface area contributed by atoms with Gasteiger partial charge in [0.15, 0.2) is 5.84 Å². The molecule has 0 spiro atoms. The van der Waals surface area contributed by atoms with Crippen molar-refractivity contribution in [2.75, 3.05) is 32.7 Å². The van der Waals surface area contributed by atoms with Crippen LogP contribution in [0.25, 0.3) is 0 Å². The van der Waals surface area contributed by atoms with E-state index in [1.807, 2.05) is 0 Å². The minimum Gasteiger partial charge on any atom is -0.351 e. The number of amides is 1. The van der Waals surface area contributed by atoms with Gasteiger partial charge < -0.3 is 5.32 Å². The van der Waals surface area contributed by atoms with Crippen LogP contribution in [0.15, 0.2) is 17.1 Å². The molecule has 1 unspecified atom stereocenters. The molecule has 1 N–H and O–H groups in total. The van der Waals surface area contributed by atoms with E-state index < -0.39 is 0 Å². The average molecular weight is 449 g/mol. The number of rotatable bonds is 21. The van der Waals surface area contributed by atoms with Crippen LogP contribution in [-0.4, -0.2) is 48.9 Å². The predicted molar refractivity (Wildman–Crippen MR) is 140 cm³/mol. The standard InChI is InChI=1S/C28H53N3O/c1-4-6-7-8-9-10-11-12-13-14-15-16-17-18-19-20-21-22-28-30-24-26-31(28,5-2)25-23-29-27(3)32/h7-8H,4-6,9-26H2,1-3H3/p+1/b8-7+. The number of allylic oxidation sites excluding steroid dienone is 2. The third-order valence-electron chi connectivity index (χ3n) is 7.03. The van der Waals surface area contributed by atoms with E-state index in [1.54, 1.807) is 6.92 Å². The topological polar surface area (TPSA) is 41.5 Å². The Morgan fingerprint density at radius 2 is 1.44 bits per heavy atom. The minimum absolute atomic E-state index is 0.0720. The number of carbonyl (C=O) groups is 1. The molecule has 0 aromatic rings. The smallest absolute Gasteiger partial charge is 0.217 e. The van der Waals surface area contributed by atoms with E-state index >= 15 is 0 Å². The summed E-state index contributed by atoms with van der Waals surface area (Å²) < 4.78 is 0.996. The lowest BCUT2D eigenvalue weighted by atomic mass is 10.0. The third kappa shape index (κ3) is 13.4. The van der Waals surface area contributed by atoms with Crippen molar-refractivity contribution in [1.82, 2.24) is 5.32 Å². The Morgan fingerprint density at radius 3 is 2.00 bits per heavy atom. The zero-order valence-electron chi connectivity index (χ0n) is 21.8. The summed E-state index contributed by atoms with van der Waals surface area (Å²) in [6, 6.07) is 0. The molecule has 0 aliphatic carbocycles. The van der Waals surface area contributed by atoms with Crippen LogP contribution >= 0.6 is 0 Å². The van der Waals surface area contributed by atoms with Crippen molar-refractivity contribution in [3.63, 3.8) is 0 Å². The molecular weight excluding hydrogens is 394 g/mol. The number of likely N-dealkylation sites (N-methyl/N-ethyl adjacent to an activating group) is 1. The highest BCUT2D eigenvalue weighted by Crippen LogP contribution is 2.20. The van der Waals surface area contributed by atoms with Gasteiger partial charge in [0.25, 0.3) is 0 Å². The first-order chi connectivity index (χ1) is 15.6. The summed E-state index contributed by atoms with van der Waals surface area (Å²) in [7, 11) is 0. The Bertz CT molecular complexity index is 529. The number of hydrogen-bond acceptors (Lipinski definition) is 2. The monoisotopic (exact) mass is 448 g/mol. The molecule has 0 aromatic carbocycles. The summed E-state index contributed by atoms with van der Waals surface area (Å²) in [5.74, 6) is 1.46. The second kappa shape index (κ2) is 19.3. The van der Waals surface area contributed by atoms with Crippen molar-refractivity contribution < 1.29 is 9.28 Å². The van der Waals surface area contributed by atoms with Crippen molar-refractivity contribution in [2.45, 2.75) is 124 Å². The first-order valence-electron chi connectivity index (χ1n) is 13.9. The molecule has 0 fully saturated rings. The van der Waals surface area contributed by atoms with E-state index in [9.17, 15) is 4.79 Å². The molecular formula is C28H54N3O+. The number of hydrogen-bond donors (Lipinski definition) is 1. The van der Waals surface area contributed by atoms with Gasteiger partial charge in [-0.1, -0.05) is 89.7 Å². The van der Waals surface area contributed by atoms with Crippen LogP contribution < -0.4 is 5.32 Å². The van der Waals surface area contributed by atoms with Crippen LogP contribution in [0.4, 0.5) is 0 Å². The maximum atomic E-state index is 11.2. The fourth-order valence-electron chi connectivity index (χ4n) is 4.87. The van der Waals surface area contributed by atoms with Gasteiger partial charge in [0, 0.05) is 13.3 Å². The van der Waals surface area contributed by atoms with Gasteiger partial charge in [0.2, 0.25) is 5.91 Å². The molecule has 4 heteroatoms. The van der Waals surface area contributed by atoms with E-state index in [-0.39, 0.29) is 5.91 Å². The highest BCUT2D eigenvalue weighted by molar-refractivity contribution is 5.77. The average Bonchev–Trinajstić information content (AvgIpc) is 3.18. The molecule has 0 saturated carbocycles. The Balaban J connectivity index is 1.94. The lowest BCUT2D eigenvalue weighted by molar-refractivity contribution is -0.833. The molecule has 1 heterocycles. The van der Waals surface area contributed by atoms with Crippen LogP contribution in [-0.2, 0) is 4.79 Å².